The molecule has 16 heavy (non-hydrogen) atoms. The van der Waals surface area contributed by atoms with Crippen molar-refractivity contribution in [2.45, 2.75) is 32.3 Å². The van der Waals surface area contributed by atoms with Crippen LogP contribution >= 0.6 is 0 Å². The molecule has 4 heteroatoms. The minimum absolute atomic E-state index is 0.216. The summed E-state index contributed by atoms with van der Waals surface area (Å²) >= 11 is 0. The van der Waals surface area contributed by atoms with Gasteiger partial charge in [-0.25, -0.2) is 4.98 Å². The number of hydrogen-bond donors (Lipinski definition) is 1. The number of aromatic nitrogens is 1. The number of rotatable bonds is 3. The molecular weight excluding hydrogens is 204 g/mol. The Balaban J connectivity index is 1.86. The van der Waals surface area contributed by atoms with Crippen LogP contribution in [0.2, 0.25) is 0 Å². The van der Waals surface area contributed by atoms with E-state index in [-0.39, 0.29) is 6.10 Å². The van der Waals surface area contributed by atoms with Crippen LogP contribution in [0.15, 0.2) is 12.3 Å². The first-order valence-corrected chi connectivity index (χ1v) is 5.72. The van der Waals surface area contributed by atoms with Gasteiger partial charge in [-0.1, -0.05) is 0 Å². The summed E-state index contributed by atoms with van der Waals surface area (Å²) in [6, 6.07) is 1.86. The average Bonchev–Trinajstić information content (AvgIpc) is 2.32. The van der Waals surface area contributed by atoms with E-state index in [9.17, 15) is 0 Å². The number of aryl methyl sites for hydroxylation is 1. The van der Waals surface area contributed by atoms with Crippen LogP contribution in [0.25, 0.3) is 0 Å². The third-order valence-corrected chi connectivity index (χ3v) is 2.82. The standard InChI is InChI=1S/C12H18N2O2/c1-9-6-12(14-7-11(9)13)16-8-10-4-2-3-5-15-10/h6-7,10H,2-5,8,13H2,1H3. The Labute approximate surface area is 95.8 Å². The van der Waals surface area contributed by atoms with Gasteiger partial charge in [-0.05, 0) is 31.7 Å². The molecule has 1 aromatic rings. The number of pyridine rings is 1. The Morgan fingerprint density at radius 2 is 2.44 bits per heavy atom. The molecule has 0 bridgehead atoms. The van der Waals surface area contributed by atoms with Crippen molar-refractivity contribution in [2.24, 2.45) is 0 Å². The molecule has 1 fully saturated rings. The van der Waals surface area contributed by atoms with Crippen molar-refractivity contribution >= 4 is 5.69 Å². The molecule has 2 N–H and O–H groups in total. The Kier molecular flexibility index (Phi) is 3.62. The summed E-state index contributed by atoms with van der Waals surface area (Å²) in [6.07, 6.45) is 5.31. The first-order valence-electron chi connectivity index (χ1n) is 5.72. The van der Waals surface area contributed by atoms with Crippen molar-refractivity contribution in [1.29, 1.82) is 0 Å². The van der Waals surface area contributed by atoms with Crippen molar-refractivity contribution < 1.29 is 9.47 Å². The monoisotopic (exact) mass is 222 g/mol. The lowest BCUT2D eigenvalue weighted by Gasteiger charge is -2.22. The summed E-state index contributed by atoms with van der Waals surface area (Å²) in [5.41, 5.74) is 7.38. The van der Waals surface area contributed by atoms with E-state index in [0.29, 0.717) is 18.2 Å². The smallest absolute Gasteiger partial charge is 0.213 e. The molecule has 0 spiro atoms. The van der Waals surface area contributed by atoms with Gasteiger partial charge in [0.1, 0.15) is 6.61 Å². The van der Waals surface area contributed by atoms with E-state index < -0.39 is 0 Å². The molecule has 2 rings (SSSR count). The molecule has 4 nitrogen and oxygen atoms in total. The van der Waals surface area contributed by atoms with Crippen molar-refractivity contribution in [3.63, 3.8) is 0 Å². The molecule has 2 heterocycles. The van der Waals surface area contributed by atoms with Crippen LogP contribution in [0.1, 0.15) is 24.8 Å². The lowest BCUT2D eigenvalue weighted by molar-refractivity contribution is -0.0119. The van der Waals surface area contributed by atoms with Crippen LogP contribution in [0, 0.1) is 6.92 Å². The Morgan fingerprint density at radius 1 is 1.56 bits per heavy atom. The molecular formula is C12H18N2O2. The molecule has 1 unspecified atom stereocenters. The molecule has 1 aromatic heterocycles. The van der Waals surface area contributed by atoms with Crippen LogP contribution in [-0.4, -0.2) is 24.3 Å². The summed E-state index contributed by atoms with van der Waals surface area (Å²) in [6.45, 7) is 3.37. The number of hydrogen-bond acceptors (Lipinski definition) is 4. The van der Waals surface area contributed by atoms with Crippen LogP contribution < -0.4 is 10.5 Å². The fraction of sp³-hybridized carbons (Fsp3) is 0.583. The second kappa shape index (κ2) is 5.16. The van der Waals surface area contributed by atoms with Gasteiger partial charge in [-0.3, -0.25) is 0 Å². The molecule has 0 aromatic carbocycles. The third-order valence-electron chi connectivity index (χ3n) is 2.82. The lowest BCUT2D eigenvalue weighted by Crippen LogP contribution is -2.26. The van der Waals surface area contributed by atoms with Gasteiger partial charge < -0.3 is 15.2 Å². The molecule has 0 saturated carbocycles. The first-order chi connectivity index (χ1) is 7.75. The molecule has 0 radical (unpaired) electrons. The van der Waals surface area contributed by atoms with Crippen LogP contribution in [-0.2, 0) is 4.74 Å². The zero-order valence-corrected chi connectivity index (χ0v) is 9.61. The summed E-state index contributed by atoms with van der Waals surface area (Å²) in [4.78, 5) is 4.12. The van der Waals surface area contributed by atoms with Crippen molar-refractivity contribution in [1.82, 2.24) is 4.98 Å². The van der Waals surface area contributed by atoms with Crippen LogP contribution in [0.3, 0.4) is 0 Å². The highest BCUT2D eigenvalue weighted by molar-refractivity contribution is 5.45. The SMILES string of the molecule is Cc1cc(OCC2CCCCO2)ncc1N. The maximum atomic E-state index is 5.68. The topological polar surface area (TPSA) is 57.4 Å². The van der Waals surface area contributed by atoms with Gasteiger partial charge in [0.25, 0.3) is 0 Å². The maximum Gasteiger partial charge on any atom is 0.213 e. The normalized spacial score (nSPS) is 20.7. The third kappa shape index (κ3) is 2.85. The predicted octanol–water partition coefficient (Wildman–Crippen LogP) is 1.92. The molecule has 0 amide bonds. The molecule has 1 saturated heterocycles. The summed E-state index contributed by atoms with van der Waals surface area (Å²) in [5, 5.41) is 0. The van der Waals surface area contributed by atoms with Gasteiger partial charge in [0.15, 0.2) is 0 Å². The first kappa shape index (κ1) is 11.2. The van der Waals surface area contributed by atoms with Gasteiger partial charge in [0.2, 0.25) is 5.88 Å². The minimum Gasteiger partial charge on any atom is -0.475 e. The van der Waals surface area contributed by atoms with Crippen molar-refractivity contribution in [2.75, 3.05) is 18.9 Å². The van der Waals surface area contributed by atoms with E-state index in [4.69, 9.17) is 15.2 Å². The molecule has 1 atom stereocenters. The Bertz CT molecular complexity index is 349. The highest BCUT2D eigenvalue weighted by Gasteiger charge is 2.14. The highest BCUT2D eigenvalue weighted by Crippen LogP contribution is 2.17. The average molecular weight is 222 g/mol. The molecule has 1 aliphatic rings. The summed E-state index contributed by atoms with van der Waals surface area (Å²) in [5.74, 6) is 0.626. The Hall–Kier alpha value is -1.29. The fourth-order valence-corrected chi connectivity index (χ4v) is 1.74. The maximum absolute atomic E-state index is 5.68. The van der Waals surface area contributed by atoms with Gasteiger partial charge >= 0.3 is 0 Å². The fourth-order valence-electron chi connectivity index (χ4n) is 1.74. The number of ether oxygens (including phenoxy) is 2. The highest BCUT2D eigenvalue weighted by atomic mass is 16.5. The molecule has 1 aliphatic heterocycles. The number of nitrogens with two attached hydrogens (primary N) is 1. The van der Waals surface area contributed by atoms with E-state index in [0.717, 1.165) is 25.0 Å². The van der Waals surface area contributed by atoms with Gasteiger partial charge in [0.05, 0.1) is 18.0 Å². The zero-order valence-electron chi connectivity index (χ0n) is 9.61. The molecule has 0 aliphatic carbocycles. The predicted molar refractivity (Wildman–Crippen MR) is 62.5 cm³/mol. The second-order valence-corrected chi connectivity index (χ2v) is 4.18. The van der Waals surface area contributed by atoms with E-state index in [1.807, 2.05) is 13.0 Å². The van der Waals surface area contributed by atoms with Gasteiger partial charge in [-0.2, -0.15) is 0 Å². The van der Waals surface area contributed by atoms with E-state index in [1.54, 1.807) is 6.20 Å². The summed E-state index contributed by atoms with van der Waals surface area (Å²) < 4.78 is 11.2. The van der Waals surface area contributed by atoms with Gasteiger partial charge in [0, 0.05) is 12.7 Å². The van der Waals surface area contributed by atoms with Gasteiger partial charge in [-0.15, -0.1) is 0 Å². The Morgan fingerprint density at radius 3 is 3.12 bits per heavy atom. The van der Waals surface area contributed by atoms with Crippen molar-refractivity contribution in [3.8, 4) is 5.88 Å². The number of anilines is 1. The zero-order chi connectivity index (χ0) is 11.4. The van der Waals surface area contributed by atoms with Crippen LogP contribution in [0.5, 0.6) is 5.88 Å². The van der Waals surface area contributed by atoms with Crippen LogP contribution in [0.4, 0.5) is 5.69 Å². The largest absolute Gasteiger partial charge is 0.475 e. The van der Waals surface area contributed by atoms with E-state index in [1.165, 1.54) is 6.42 Å². The van der Waals surface area contributed by atoms with E-state index in [2.05, 4.69) is 4.98 Å². The molecule has 88 valence electrons. The minimum atomic E-state index is 0.216. The number of nitrogens with zero attached hydrogens (tertiary/aromatic N) is 1. The lowest BCUT2D eigenvalue weighted by atomic mass is 10.1. The van der Waals surface area contributed by atoms with E-state index >= 15 is 0 Å². The quantitative estimate of drug-likeness (QED) is 0.848. The van der Waals surface area contributed by atoms with Crippen molar-refractivity contribution in [3.05, 3.63) is 17.8 Å². The summed E-state index contributed by atoms with van der Waals surface area (Å²) in [7, 11) is 0. The second-order valence-electron chi connectivity index (χ2n) is 4.18. The number of nitrogen functional groups attached to an aromatic ring is 1.